The number of benzene rings is 4. The minimum atomic E-state index is -2.13. The zero-order valence-corrected chi connectivity index (χ0v) is 92.7. The van der Waals surface area contributed by atoms with Crippen LogP contribution in [0.3, 0.4) is 0 Å². The molecule has 2 aliphatic rings. The number of aromatic nitrogens is 8. The molecule has 127 heavy (non-hydrogen) atoms. The van der Waals surface area contributed by atoms with Gasteiger partial charge < -0.3 is 0 Å². The first-order valence-electron chi connectivity index (χ1n) is 51.6. The molecule has 8 nitrogen and oxygen atoms in total. The van der Waals surface area contributed by atoms with Gasteiger partial charge in [-0.3, -0.25) is 0 Å². The number of hydrogen-bond acceptors (Lipinski definition) is 16. The molecule has 0 spiro atoms. The Morgan fingerprint density at radius 1 is 0.252 bits per heavy atom. The second-order valence-corrected chi connectivity index (χ2v) is 63.4. The van der Waals surface area contributed by atoms with Gasteiger partial charge in [-0.2, -0.15) is 35.0 Å². The van der Waals surface area contributed by atoms with Crippen molar-refractivity contribution in [1.82, 2.24) is 35.0 Å². The molecule has 8 heterocycles. The van der Waals surface area contributed by atoms with Crippen molar-refractivity contribution in [2.45, 2.75) is 459 Å². The van der Waals surface area contributed by atoms with Crippen LogP contribution in [0.1, 0.15) is 451 Å². The van der Waals surface area contributed by atoms with Crippen molar-refractivity contribution in [3.05, 3.63) is 95.0 Å². The van der Waals surface area contributed by atoms with Gasteiger partial charge in [-0.05, 0) is 112 Å². The molecule has 0 fully saturated rings. The SMILES string of the molecule is Brc1cc2c(cc(Br)c3nsnc32)c2nsnc12.CCCCCCCCCCCCCCCCC1(CCCCCCCCCCCCCCCC)c2cc(C)sc2-c2s[c]([Sn]([CH3])([CH3])[CH3])cc21.CCCCCCCCCCCCCCCCC1(CCCCCCCCCCCCCCCC)c2cc(C)sc2-c2sc(-c3cc4c(cc(C)c5nsnc54)c4nsnc34)cc21. The Bertz CT molecular complexity index is 5060. The summed E-state index contributed by atoms with van der Waals surface area (Å²) in [5.74, 6) is 0. The number of aryl methyl sites for hydroxylation is 3. The smallest absolute Gasteiger partial charge is 0.114 e. The summed E-state index contributed by atoms with van der Waals surface area (Å²) in [6.07, 6.45) is 85.3. The summed E-state index contributed by atoms with van der Waals surface area (Å²) in [6, 6.07) is 19.3. The number of nitrogens with zero attached hydrogens (tertiary/aromatic N) is 8. The fraction of sp³-hybridized carbons (Fsp3) is 0.667. The third-order valence-electron chi connectivity index (χ3n) is 28.3. The Morgan fingerprint density at radius 2 is 0.496 bits per heavy atom. The van der Waals surface area contributed by atoms with Crippen molar-refractivity contribution < 1.29 is 0 Å². The molecule has 0 amide bonds. The van der Waals surface area contributed by atoms with Gasteiger partial charge in [-0.25, -0.2) is 0 Å². The zero-order valence-electron chi connectivity index (χ0n) is 80.1. The third kappa shape index (κ3) is 28.7. The molecule has 0 saturated carbocycles. The van der Waals surface area contributed by atoms with Crippen molar-refractivity contribution in [1.29, 1.82) is 0 Å². The van der Waals surface area contributed by atoms with Crippen LogP contribution in [-0.4, -0.2) is 53.4 Å². The standard InChI is InChI=1S/C53H76N4S4.C42H71S2.C10H2Br2N4S2.3CH3.Sn/c1-5-7-9-11-13-15-17-19-21-23-25-27-29-31-33-53(34-32-30-28-26-24-22-20-18-16-14-12-10-8-6-2)44-36-40(4)58-51(44)52-45(53)38-46(59-52)43-37-42-41(49-50(43)57-61-56-49)35-39(3)47-48(42)55-60-54-47;1-4-6-8-10-12-14-16-18-20-22-24-26-28-30-33-42(38-32-35-43-40(38)41-39(42)36-37(3)44-41)34-31-29-27-25-23-21-19-17-15-13-11-9-7-5-2;11-5-1-3-4(8-9(5)15-18-14-8)2-6(12)10-7(3)13-17-16-10;;;;/h35-38H,5-34H2,1-4H3;32,36H,4-31,33-34H2,1-3H3;1-2H;3*1H3;. The monoisotopic (exact) mass is 2100 g/mol. The molecule has 8 aromatic heterocycles. The molecule has 0 N–H and O–H groups in total. The van der Waals surface area contributed by atoms with Crippen LogP contribution in [0.2, 0.25) is 14.8 Å². The Morgan fingerprint density at radius 3 is 0.827 bits per heavy atom. The molecule has 0 atom stereocenters. The van der Waals surface area contributed by atoms with E-state index in [1.807, 2.05) is 34.8 Å². The van der Waals surface area contributed by atoms with Crippen LogP contribution < -0.4 is 2.89 Å². The molecule has 14 rings (SSSR count). The van der Waals surface area contributed by atoms with E-state index in [0.717, 1.165) is 80.2 Å². The summed E-state index contributed by atoms with van der Waals surface area (Å²) >= 11 is 18.4. The van der Waals surface area contributed by atoms with E-state index in [-0.39, 0.29) is 5.41 Å². The Hall–Kier alpha value is -2.76. The third-order valence-corrected chi connectivity index (χ3v) is 45.8. The van der Waals surface area contributed by atoms with Gasteiger partial charge in [0.05, 0.1) is 46.9 Å². The maximum Gasteiger partial charge on any atom is 0.114 e. The quantitative estimate of drug-likeness (QED) is 0.0274. The van der Waals surface area contributed by atoms with Crippen molar-refractivity contribution in [3.63, 3.8) is 0 Å². The predicted octanol–water partition coefficient (Wildman–Crippen LogP) is 40.3. The Kier molecular flexibility index (Phi) is 44.6. The number of thiophene rings is 4. The molecular weight excluding hydrogens is 1940 g/mol. The molecule has 0 saturated heterocycles. The number of halogens is 2. The summed E-state index contributed by atoms with van der Waals surface area (Å²) in [4.78, 5) is 18.6. The van der Waals surface area contributed by atoms with Gasteiger partial charge in [0.2, 0.25) is 0 Å². The average Bonchev–Trinajstić information content (AvgIpc) is 1.55. The molecule has 0 bridgehead atoms. The van der Waals surface area contributed by atoms with Crippen LogP contribution in [0.15, 0.2) is 57.5 Å². The van der Waals surface area contributed by atoms with E-state index in [2.05, 4.69) is 176 Å². The van der Waals surface area contributed by atoms with Crippen LogP contribution in [0, 0.1) is 20.8 Å². The first-order chi connectivity index (χ1) is 62.1. The Labute approximate surface area is 821 Å². The van der Waals surface area contributed by atoms with E-state index in [9.17, 15) is 0 Å². The largest absolute Gasteiger partial charge is 0.173 e. The summed E-state index contributed by atoms with van der Waals surface area (Å²) in [5, 5.41) is 4.40. The van der Waals surface area contributed by atoms with E-state index in [1.54, 1.807) is 39.8 Å². The molecule has 2 aliphatic carbocycles. The number of rotatable bonds is 62. The average molecular weight is 2100 g/mol. The maximum atomic E-state index is 4.96. The second kappa shape index (κ2) is 54.8. The van der Waals surface area contributed by atoms with Crippen molar-refractivity contribution in [2.24, 2.45) is 0 Å². The molecule has 0 aliphatic heterocycles. The van der Waals surface area contributed by atoms with Gasteiger partial charge in [0.25, 0.3) is 0 Å². The molecule has 4 aromatic carbocycles. The summed E-state index contributed by atoms with van der Waals surface area (Å²) in [5.41, 5.74) is 17.2. The van der Waals surface area contributed by atoms with E-state index in [4.69, 9.17) is 13.1 Å². The first-order valence-corrected chi connectivity index (χ1v) is 69.4. The topological polar surface area (TPSA) is 103 Å². The van der Waals surface area contributed by atoms with Gasteiger partial charge >= 0.3 is 212 Å². The first kappa shape index (κ1) is 103. The minimum absolute atomic E-state index is 0.109. The van der Waals surface area contributed by atoms with Crippen LogP contribution >= 0.6 is 124 Å². The molecule has 12 aromatic rings. The van der Waals surface area contributed by atoms with E-state index in [0.29, 0.717) is 5.41 Å². The van der Waals surface area contributed by atoms with Crippen LogP contribution in [-0.2, 0) is 10.8 Å². The van der Waals surface area contributed by atoms with E-state index in [1.165, 1.54) is 457 Å². The number of unbranched alkanes of at least 4 members (excludes halogenated alkanes) is 52. The fourth-order valence-electron chi connectivity index (χ4n) is 20.9. The van der Waals surface area contributed by atoms with Gasteiger partial charge in [-0.1, -0.05) is 297 Å². The van der Waals surface area contributed by atoms with E-state index < -0.39 is 18.4 Å². The van der Waals surface area contributed by atoms with Gasteiger partial charge in [0, 0.05) is 61.0 Å². The van der Waals surface area contributed by atoms with Crippen LogP contribution in [0.5, 0.6) is 0 Å². The summed E-state index contributed by atoms with van der Waals surface area (Å²) in [7, 11) is 0. The minimum Gasteiger partial charge on any atom is -0.173 e. The van der Waals surface area contributed by atoms with Crippen LogP contribution in [0.25, 0.3) is 95.6 Å². The number of fused-ring (bicyclic) bond motifs is 16. The molecule has 696 valence electrons. The summed E-state index contributed by atoms with van der Waals surface area (Å²) < 4.78 is 40.4. The van der Waals surface area contributed by atoms with E-state index >= 15 is 0 Å². The zero-order chi connectivity index (χ0) is 89.1. The molecule has 0 radical (unpaired) electrons. The fourth-order valence-corrected chi connectivity index (χ4v) is 34.8. The number of hydrogen-bond donors (Lipinski definition) is 0. The van der Waals surface area contributed by atoms with Crippen molar-refractivity contribution in [2.75, 3.05) is 0 Å². The molecular formula is C108H158Br2N8S8Sn. The maximum absolute atomic E-state index is 4.96. The Balaban J connectivity index is 0.000000195. The second-order valence-electron chi connectivity index (χ2n) is 39.6. The van der Waals surface area contributed by atoms with Crippen LogP contribution in [0.4, 0.5) is 0 Å². The van der Waals surface area contributed by atoms with Gasteiger partial charge in [-0.15, -0.1) is 22.7 Å². The summed E-state index contributed by atoms with van der Waals surface area (Å²) in [6.45, 7) is 16.1. The molecule has 0 unspecified atom stereocenters. The van der Waals surface area contributed by atoms with Gasteiger partial charge in [0.1, 0.15) is 44.1 Å². The normalized spacial score (nSPS) is 13.3. The predicted molar refractivity (Wildman–Crippen MR) is 580 cm³/mol. The van der Waals surface area contributed by atoms with Crippen molar-refractivity contribution >= 4 is 211 Å². The van der Waals surface area contributed by atoms with Gasteiger partial charge in [0.15, 0.2) is 0 Å². The van der Waals surface area contributed by atoms with Crippen molar-refractivity contribution in [3.8, 4) is 29.9 Å². The molecule has 19 heteroatoms.